The van der Waals surface area contributed by atoms with Crippen molar-refractivity contribution in [3.05, 3.63) is 18.7 Å². The van der Waals surface area contributed by atoms with Gasteiger partial charge < -0.3 is 15.0 Å². The van der Waals surface area contributed by atoms with Crippen LogP contribution in [0.4, 0.5) is 0 Å². The van der Waals surface area contributed by atoms with Crippen LogP contribution in [0.25, 0.3) is 0 Å². The summed E-state index contributed by atoms with van der Waals surface area (Å²) in [5.74, 6) is 1.34. The van der Waals surface area contributed by atoms with Gasteiger partial charge in [0.25, 0.3) is 0 Å². The van der Waals surface area contributed by atoms with Crippen LogP contribution in [0.2, 0.25) is 0 Å². The van der Waals surface area contributed by atoms with E-state index >= 15 is 0 Å². The molecule has 4 aliphatic rings. The molecule has 0 aliphatic heterocycles. The van der Waals surface area contributed by atoms with Gasteiger partial charge in [0, 0.05) is 18.4 Å². The molecule has 2 N–H and O–H groups in total. The van der Waals surface area contributed by atoms with Gasteiger partial charge in [0.1, 0.15) is 6.54 Å². The number of hydrogen-bond donors (Lipinski definition) is 2. The number of amides is 1. The number of nitrogens with zero attached hydrogens (tertiary/aromatic N) is 2. The van der Waals surface area contributed by atoms with Gasteiger partial charge in [0.05, 0.1) is 11.9 Å². The predicted octanol–water partition coefficient (Wildman–Crippen LogP) is 1.72. The zero-order valence-electron chi connectivity index (χ0n) is 13.2. The van der Waals surface area contributed by atoms with Crippen LogP contribution in [0.3, 0.4) is 0 Å². The van der Waals surface area contributed by atoms with Gasteiger partial charge in [-0.2, -0.15) is 0 Å². The molecule has 1 aromatic rings. The molecule has 4 fully saturated rings. The summed E-state index contributed by atoms with van der Waals surface area (Å²) in [6, 6.07) is 0.126. The van der Waals surface area contributed by atoms with Crippen LogP contribution in [-0.2, 0) is 11.3 Å². The molecule has 1 aromatic heterocycles. The molecule has 1 amide bonds. The molecule has 4 saturated carbocycles. The van der Waals surface area contributed by atoms with Crippen LogP contribution in [0.5, 0.6) is 0 Å². The Morgan fingerprint density at radius 2 is 2.14 bits per heavy atom. The Morgan fingerprint density at radius 3 is 2.73 bits per heavy atom. The topological polar surface area (TPSA) is 67.2 Å². The average Bonchev–Trinajstić information content (AvgIpc) is 2.88. The van der Waals surface area contributed by atoms with Gasteiger partial charge in [-0.3, -0.25) is 4.79 Å². The summed E-state index contributed by atoms with van der Waals surface area (Å²) in [5, 5.41) is 14.0. The molecule has 0 radical (unpaired) electrons. The van der Waals surface area contributed by atoms with E-state index in [0.29, 0.717) is 18.4 Å². The Bertz CT molecular complexity index is 554. The third-order valence-corrected chi connectivity index (χ3v) is 6.26. The molecule has 4 bridgehead atoms. The molecule has 3 atom stereocenters. The van der Waals surface area contributed by atoms with Crippen molar-refractivity contribution in [2.75, 3.05) is 0 Å². The van der Waals surface area contributed by atoms with Crippen molar-refractivity contribution in [1.82, 2.24) is 14.9 Å². The fraction of sp³-hybridized carbons (Fsp3) is 0.765. The van der Waals surface area contributed by atoms with Crippen molar-refractivity contribution in [3.63, 3.8) is 0 Å². The maximum atomic E-state index is 12.3. The van der Waals surface area contributed by atoms with E-state index in [1.165, 1.54) is 19.3 Å². The highest BCUT2D eigenvalue weighted by Gasteiger charge is 2.58. The molecule has 0 unspecified atom stereocenters. The quantitative estimate of drug-likeness (QED) is 0.890. The first kappa shape index (κ1) is 14.2. The Hall–Kier alpha value is -1.36. The number of nitrogens with one attached hydrogen (secondary N) is 1. The maximum absolute atomic E-state index is 12.3. The number of imidazole rings is 1. The van der Waals surface area contributed by atoms with E-state index in [-0.39, 0.29) is 17.4 Å². The molecule has 0 aromatic carbocycles. The average molecular weight is 303 g/mol. The first-order valence-corrected chi connectivity index (χ1v) is 8.44. The van der Waals surface area contributed by atoms with E-state index in [1.807, 2.05) is 0 Å². The van der Waals surface area contributed by atoms with Gasteiger partial charge in [0.2, 0.25) is 5.91 Å². The van der Waals surface area contributed by atoms with Gasteiger partial charge in [-0.05, 0) is 62.7 Å². The smallest absolute Gasteiger partial charge is 0.240 e. The minimum atomic E-state index is -0.465. The van der Waals surface area contributed by atoms with Gasteiger partial charge in [0.15, 0.2) is 0 Å². The van der Waals surface area contributed by atoms with E-state index in [1.54, 1.807) is 23.3 Å². The summed E-state index contributed by atoms with van der Waals surface area (Å²) >= 11 is 0. The van der Waals surface area contributed by atoms with Crippen molar-refractivity contribution in [2.24, 2.45) is 17.3 Å². The number of carbonyl (C=O) groups excluding carboxylic acids is 1. The van der Waals surface area contributed by atoms with E-state index in [9.17, 15) is 9.90 Å². The van der Waals surface area contributed by atoms with E-state index < -0.39 is 5.60 Å². The molecule has 5 nitrogen and oxygen atoms in total. The Kier molecular flexibility index (Phi) is 3.12. The lowest BCUT2D eigenvalue weighted by Crippen LogP contribution is -2.61. The summed E-state index contributed by atoms with van der Waals surface area (Å²) < 4.78 is 1.79. The van der Waals surface area contributed by atoms with E-state index in [4.69, 9.17) is 0 Å². The lowest BCUT2D eigenvalue weighted by atomic mass is 9.46. The predicted molar refractivity (Wildman–Crippen MR) is 81.9 cm³/mol. The Labute approximate surface area is 131 Å². The highest BCUT2D eigenvalue weighted by Crippen LogP contribution is 2.62. The van der Waals surface area contributed by atoms with Crippen LogP contribution in [0.1, 0.15) is 45.4 Å². The fourth-order valence-electron chi connectivity index (χ4n) is 5.78. The van der Waals surface area contributed by atoms with Crippen molar-refractivity contribution in [2.45, 2.75) is 63.6 Å². The zero-order chi connectivity index (χ0) is 15.4. The van der Waals surface area contributed by atoms with Gasteiger partial charge in [-0.15, -0.1) is 0 Å². The summed E-state index contributed by atoms with van der Waals surface area (Å²) in [6.45, 7) is 2.44. The van der Waals surface area contributed by atoms with Crippen molar-refractivity contribution in [1.29, 1.82) is 0 Å². The summed E-state index contributed by atoms with van der Waals surface area (Å²) in [4.78, 5) is 16.2. The highest BCUT2D eigenvalue weighted by molar-refractivity contribution is 5.76. The zero-order valence-corrected chi connectivity index (χ0v) is 13.2. The number of hydrogen-bond acceptors (Lipinski definition) is 3. The van der Waals surface area contributed by atoms with Gasteiger partial charge >= 0.3 is 0 Å². The maximum Gasteiger partial charge on any atom is 0.240 e. The second kappa shape index (κ2) is 4.82. The standard InChI is InChI=1S/C17H25N3O2/c1-12(19-15(21)9-20-3-2-18-11-20)16-5-13-4-14(6-16)8-17(22,7-13)10-16/h2-3,11-14,22H,4-10H2,1H3,(H,19,21)/t12-,13-,14-,16?,17?/m0/s1. The second-order valence-corrected chi connectivity index (χ2v) is 8.07. The Morgan fingerprint density at radius 1 is 1.41 bits per heavy atom. The van der Waals surface area contributed by atoms with Gasteiger partial charge in [-0.25, -0.2) is 4.98 Å². The molecule has 0 spiro atoms. The molecular formula is C17H25N3O2. The third kappa shape index (κ3) is 2.35. The normalized spacial score (nSPS) is 40.6. The highest BCUT2D eigenvalue weighted by atomic mass is 16.3. The molecule has 1 heterocycles. The molecule has 4 aliphatic carbocycles. The Balaban J connectivity index is 1.46. The summed E-state index contributed by atoms with van der Waals surface area (Å²) in [5.41, 5.74) is -0.364. The van der Waals surface area contributed by atoms with Crippen molar-refractivity contribution < 1.29 is 9.90 Å². The van der Waals surface area contributed by atoms with Crippen LogP contribution >= 0.6 is 0 Å². The first-order chi connectivity index (χ1) is 10.5. The molecule has 5 heteroatoms. The molecule has 120 valence electrons. The minimum absolute atomic E-state index is 0.0354. The molecule has 0 saturated heterocycles. The summed E-state index contributed by atoms with van der Waals surface area (Å²) in [6.07, 6.45) is 11.6. The molecule has 22 heavy (non-hydrogen) atoms. The number of rotatable bonds is 4. The van der Waals surface area contributed by atoms with E-state index in [0.717, 1.165) is 19.3 Å². The van der Waals surface area contributed by atoms with Crippen molar-refractivity contribution >= 4 is 5.91 Å². The minimum Gasteiger partial charge on any atom is -0.390 e. The second-order valence-electron chi connectivity index (χ2n) is 8.07. The fourth-order valence-corrected chi connectivity index (χ4v) is 5.78. The van der Waals surface area contributed by atoms with Crippen LogP contribution in [0.15, 0.2) is 18.7 Å². The lowest BCUT2D eigenvalue weighted by molar-refractivity contribution is -0.173. The largest absolute Gasteiger partial charge is 0.390 e. The summed E-state index contributed by atoms with van der Waals surface area (Å²) in [7, 11) is 0. The van der Waals surface area contributed by atoms with Crippen LogP contribution in [0, 0.1) is 17.3 Å². The molecule has 5 rings (SSSR count). The van der Waals surface area contributed by atoms with Crippen LogP contribution < -0.4 is 5.32 Å². The SMILES string of the molecule is C[C@H](NC(=O)Cn1ccnc1)C12C[C@@H]3C[C@H](CC(O)(C3)C1)C2. The number of aliphatic hydroxyl groups is 1. The monoisotopic (exact) mass is 303 g/mol. The van der Waals surface area contributed by atoms with Crippen LogP contribution in [-0.4, -0.2) is 32.2 Å². The number of aromatic nitrogens is 2. The third-order valence-electron chi connectivity index (χ3n) is 6.26. The van der Waals surface area contributed by atoms with E-state index in [2.05, 4.69) is 17.2 Å². The van der Waals surface area contributed by atoms with Gasteiger partial charge in [-0.1, -0.05) is 0 Å². The first-order valence-electron chi connectivity index (χ1n) is 8.44. The van der Waals surface area contributed by atoms with Crippen molar-refractivity contribution in [3.8, 4) is 0 Å². The number of carbonyl (C=O) groups is 1. The molecular weight excluding hydrogens is 278 g/mol. The lowest BCUT2D eigenvalue weighted by Gasteiger charge is -2.62.